The molecule has 1 saturated heterocycles. The lowest BCUT2D eigenvalue weighted by Gasteiger charge is -2.35. The molecule has 0 bridgehead atoms. The number of nitrogens with one attached hydrogen (secondary N) is 1. The van der Waals surface area contributed by atoms with Crippen molar-refractivity contribution in [3.63, 3.8) is 0 Å². The molecule has 0 unspecified atom stereocenters. The molecule has 3 heterocycles. The van der Waals surface area contributed by atoms with E-state index in [0.29, 0.717) is 12.3 Å². The highest BCUT2D eigenvalue weighted by Gasteiger charge is 2.29. The van der Waals surface area contributed by atoms with E-state index in [4.69, 9.17) is 4.74 Å². The van der Waals surface area contributed by atoms with Crippen LogP contribution in [0.25, 0.3) is 10.6 Å². The highest BCUT2D eigenvalue weighted by atomic mass is 32.1. The predicted octanol–water partition coefficient (Wildman–Crippen LogP) is 2.05. The van der Waals surface area contributed by atoms with Crippen LogP contribution in [-0.4, -0.2) is 33.9 Å². The maximum Gasteiger partial charge on any atom is 0.267 e. The normalized spacial score (nSPS) is 19.8. The van der Waals surface area contributed by atoms with Crippen LogP contribution < -0.4 is 10.9 Å². The van der Waals surface area contributed by atoms with Gasteiger partial charge < -0.3 is 10.1 Å². The van der Waals surface area contributed by atoms with E-state index in [0.717, 1.165) is 17.7 Å². The lowest BCUT2D eigenvalue weighted by molar-refractivity contribution is -0.124. The van der Waals surface area contributed by atoms with Crippen molar-refractivity contribution >= 4 is 17.2 Å². The van der Waals surface area contributed by atoms with Crippen molar-refractivity contribution in [1.29, 1.82) is 0 Å². The van der Waals surface area contributed by atoms with Gasteiger partial charge in [0.25, 0.3) is 5.56 Å². The Morgan fingerprint density at radius 3 is 3.00 bits per heavy atom. The molecule has 1 atom stereocenters. The minimum absolute atomic E-state index is 0.0671. The van der Waals surface area contributed by atoms with Gasteiger partial charge in [0.2, 0.25) is 5.91 Å². The molecule has 0 saturated carbocycles. The van der Waals surface area contributed by atoms with Gasteiger partial charge in [-0.05, 0) is 44.2 Å². The molecule has 0 spiro atoms. The molecule has 1 aliphatic rings. The van der Waals surface area contributed by atoms with Gasteiger partial charge >= 0.3 is 0 Å². The van der Waals surface area contributed by atoms with Crippen LogP contribution in [0.1, 0.15) is 26.7 Å². The quantitative estimate of drug-likeness (QED) is 0.919. The molecule has 0 aromatic carbocycles. The zero-order valence-corrected chi connectivity index (χ0v) is 14.6. The number of hydrogen-bond acceptors (Lipinski definition) is 5. The Hall–Kier alpha value is -1.99. The van der Waals surface area contributed by atoms with Crippen molar-refractivity contribution in [2.75, 3.05) is 6.61 Å². The first-order valence-electron chi connectivity index (χ1n) is 7.98. The van der Waals surface area contributed by atoms with E-state index < -0.39 is 0 Å². The smallest absolute Gasteiger partial charge is 0.267 e. The van der Waals surface area contributed by atoms with Gasteiger partial charge in [-0.25, -0.2) is 4.68 Å². The first-order valence-corrected chi connectivity index (χ1v) is 8.86. The summed E-state index contributed by atoms with van der Waals surface area (Å²) < 4.78 is 6.87. The van der Waals surface area contributed by atoms with Crippen molar-refractivity contribution in [2.24, 2.45) is 0 Å². The van der Waals surface area contributed by atoms with Crippen molar-refractivity contribution in [3.8, 4) is 10.6 Å². The fraction of sp³-hybridized carbons (Fsp3) is 0.471. The molecule has 24 heavy (non-hydrogen) atoms. The van der Waals surface area contributed by atoms with Gasteiger partial charge in [-0.15, -0.1) is 11.3 Å². The van der Waals surface area contributed by atoms with E-state index in [1.807, 2.05) is 31.4 Å². The number of carbonyl (C=O) groups is 1. The Morgan fingerprint density at radius 1 is 1.46 bits per heavy atom. The van der Waals surface area contributed by atoms with Crippen LogP contribution in [0.15, 0.2) is 34.4 Å². The van der Waals surface area contributed by atoms with Crippen molar-refractivity contribution in [2.45, 2.75) is 44.9 Å². The van der Waals surface area contributed by atoms with Gasteiger partial charge in [0.15, 0.2) is 0 Å². The number of hydrogen-bond donors (Lipinski definition) is 1. The van der Waals surface area contributed by atoms with Crippen LogP contribution in [0.5, 0.6) is 0 Å². The molecular weight excluding hydrogens is 326 g/mol. The molecule has 6 nitrogen and oxygen atoms in total. The average molecular weight is 347 g/mol. The molecule has 2 aromatic rings. The van der Waals surface area contributed by atoms with E-state index in [9.17, 15) is 9.59 Å². The van der Waals surface area contributed by atoms with Gasteiger partial charge in [-0.1, -0.05) is 6.07 Å². The first-order chi connectivity index (χ1) is 11.4. The number of ether oxygens (including phenoxy) is 1. The zero-order valence-electron chi connectivity index (χ0n) is 13.8. The van der Waals surface area contributed by atoms with Crippen LogP contribution in [0.2, 0.25) is 0 Å². The summed E-state index contributed by atoms with van der Waals surface area (Å²) in [7, 11) is 0. The molecule has 1 N–H and O–H groups in total. The van der Waals surface area contributed by atoms with Crippen LogP contribution >= 0.6 is 11.3 Å². The fourth-order valence-electron chi connectivity index (χ4n) is 2.88. The number of thiophene rings is 1. The third kappa shape index (κ3) is 4.10. The summed E-state index contributed by atoms with van der Waals surface area (Å²) in [6, 6.07) is 7.07. The van der Waals surface area contributed by atoms with E-state index in [1.165, 1.54) is 10.7 Å². The van der Waals surface area contributed by atoms with Crippen LogP contribution in [0.4, 0.5) is 0 Å². The first kappa shape index (κ1) is 16.9. The number of carbonyl (C=O) groups excluding carboxylic acids is 1. The van der Waals surface area contributed by atoms with Crippen LogP contribution in [0.3, 0.4) is 0 Å². The van der Waals surface area contributed by atoms with E-state index in [2.05, 4.69) is 10.4 Å². The van der Waals surface area contributed by atoms with Crippen molar-refractivity contribution in [1.82, 2.24) is 15.1 Å². The lowest BCUT2D eigenvalue weighted by Crippen LogP contribution is -2.47. The van der Waals surface area contributed by atoms with E-state index in [1.54, 1.807) is 17.4 Å². The van der Waals surface area contributed by atoms with Gasteiger partial charge in [0, 0.05) is 18.7 Å². The molecule has 1 amide bonds. The van der Waals surface area contributed by atoms with Crippen molar-refractivity contribution < 1.29 is 9.53 Å². The standard InChI is InChI=1S/C17H21N3O3S/c1-17(2)10-12(7-8-23-17)18-15(21)11-20-16(22)6-5-13(19-20)14-4-3-9-24-14/h3-6,9,12H,7-8,10-11H2,1-2H3,(H,18,21)/t12-/m0/s1. The van der Waals surface area contributed by atoms with Gasteiger partial charge in [-0.2, -0.15) is 5.10 Å². The topological polar surface area (TPSA) is 73.2 Å². The van der Waals surface area contributed by atoms with Crippen molar-refractivity contribution in [3.05, 3.63) is 40.0 Å². The summed E-state index contributed by atoms with van der Waals surface area (Å²) in [5, 5.41) is 9.24. The maximum absolute atomic E-state index is 12.3. The lowest BCUT2D eigenvalue weighted by atomic mass is 9.94. The highest BCUT2D eigenvalue weighted by Crippen LogP contribution is 2.24. The Balaban J connectivity index is 1.68. The minimum Gasteiger partial charge on any atom is -0.375 e. The monoisotopic (exact) mass is 347 g/mol. The number of aromatic nitrogens is 2. The molecule has 0 aliphatic carbocycles. The molecule has 2 aromatic heterocycles. The fourth-order valence-corrected chi connectivity index (χ4v) is 3.57. The molecule has 7 heteroatoms. The molecule has 1 aliphatic heterocycles. The summed E-state index contributed by atoms with van der Waals surface area (Å²) in [5.41, 5.74) is 0.187. The molecule has 3 rings (SSSR count). The largest absolute Gasteiger partial charge is 0.375 e. The summed E-state index contributed by atoms with van der Waals surface area (Å²) in [6.07, 6.45) is 1.54. The third-order valence-electron chi connectivity index (χ3n) is 4.00. The molecule has 128 valence electrons. The van der Waals surface area contributed by atoms with Crippen LogP contribution in [0, 0.1) is 0 Å². The van der Waals surface area contributed by atoms with Crippen LogP contribution in [-0.2, 0) is 16.1 Å². The average Bonchev–Trinajstić information content (AvgIpc) is 3.02. The Labute approximate surface area is 144 Å². The number of rotatable bonds is 4. The second kappa shape index (κ2) is 6.86. The Morgan fingerprint density at radius 2 is 2.29 bits per heavy atom. The molecular formula is C17H21N3O3S. The zero-order chi connectivity index (χ0) is 17.2. The van der Waals surface area contributed by atoms with E-state index >= 15 is 0 Å². The maximum atomic E-state index is 12.3. The summed E-state index contributed by atoms with van der Waals surface area (Å²) in [6.45, 7) is 4.59. The SMILES string of the molecule is CC1(C)C[C@@H](NC(=O)Cn2nc(-c3cccs3)ccc2=O)CCO1. The van der Waals surface area contributed by atoms with Gasteiger partial charge in [-0.3, -0.25) is 9.59 Å². The summed E-state index contributed by atoms with van der Waals surface area (Å²) in [5.74, 6) is -0.198. The molecule has 0 radical (unpaired) electrons. The highest BCUT2D eigenvalue weighted by molar-refractivity contribution is 7.13. The minimum atomic E-state index is -0.280. The van der Waals surface area contributed by atoms with E-state index in [-0.39, 0.29) is 29.7 Å². The summed E-state index contributed by atoms with van der Waals surface area (Å²) >= 11 is 1.55. The van der Waals surface area contributed by atoms with Gasteiger partial charge in [0.05, 0.1) is 10.5 Å². The van der Waals surface area contributed by atoms with Gasteiger partial charge in [0.1, 0.15) is 12.2 Å². The second-order valence-corrected chi connectivity index (χ2v) is 7.50. The Bertz CT molecular complexity index is 768. The summed E-state index contributed by atoms with van der Waals surface area (Å²) in [4.78, 5) is 25.2. The number of amides is 1. The molecule has 1 fully saturated rings. The Kier molecular flexibility index (Phi) is 4.82. The third-order valence-corrected chi connectivity index (χ3v) is 4.89. The second-order valence-electron chi connectivity index (χ2n) is 6.56. The number of nitrogens with zero attached hydrogens (tertiary/aromatic N) is 2. The predicted molar refractivity (Wildman–Crippen MR) is 93.0 cm³/mol.